The zero-order valence-electron chi connectivity index (χ0n) is 13.2. The highest BCUT2D eigenvalue weighted by Crippen LogP contribution is 2.34. The van der Waals surface area contributed by atoms with Crippen LogP contribution in [0.5, 0.6) is 11.5 Å². The van der Waals surface area contributed by atoms with E-state index in [0.717, 1.165) is 11.4 Å². The molecular weight excluding hydrogens is 284 g/mol. The maximum atomic E-state index is 12.6. The van der Waals surface area contributed by atoms with E-state index in [1.54, 1.807) is 0 Å². The number of carbonyl (C=O) groups excluding carboxylic acids is 1. The van der Waals surface area contributed by atoms with Gasteiger partial charge in [-0.15, -0.1) is 0 Å². The van der Waals surface area contributed by atoms with E-state index < -0.39 is 0 Å². The van der Waals surface area contributed by atoms with Gasteiger partial charge in [0, 0.05) is 24.8 Å². The number of carbonyl (C=O) groups is 1. The number of nitrogens with zero attached hydrogens (tertiary/aromatic N) is 1. The Morgan fingerprint density at radius 1 is 1.23 bits per heavy atom. The highest BCUT2D eigenvalue weighted by atomic mass is 16.7. The Hall–Kier alpha value is -1.95. The summed E-state index contributed by atoms with van der Waals surface area (Å²) in [5.74, 6) is 1.53. The van der Waals surface area contributed by atoms with E-state index in [4.69, 9.17) is 14.2 Å². The van der Waals surface area contributed by atoms with Gasteiger partial charge < -0.3 is 24.4 Å². The molecule has 1 saturated heterocycles. The Morgan fingerprint density at radius 3 is 2.64 bits per heavy atom. The van der Waals surface area contributed by atoms with Crippen molar-refractivity contribution >= 4 is 11.6 Å². The molecule has 3 atom stereocenters. The first-order valence-corrected chi connectivity index (χ1v) is 7.63. The second-order valence-electron chi connectivity index (χ2n) is 5.93. The van der Waals surface area contributed by atoms with Crippen molar-refractivity contribution in [2.75, 3.05) is 25.2 Å². The molecule has 1 aromatic carbocycles. The number of anilines is 1. The van der Waals surface area contributed by atoms with Crippen LogP contribution in [0, 0.1) is 0 Å². The second-order valence-corrected chi connectivity index (χ2v) is 5.93. The Kier molecular flexibility index (Phi) is 4.11. The lowest BCUT2D eigenvalue weighted by molar-refractivity contribution is -0.143. The van der Waals surface area contributed by atoms with Gasteiger partial charge in [-0.25, -0.2) is 0 Å². The zero-order valence-corrected chi connectivity index (χ0v) is 13.2. The third-order valence-electron chi connectivity index (χ3n) is 3.86. The van der Waals surface area contributed by atoms with Crippen LogP contribution in [-0.2, 0) is 9.53 Å². The molecule has 2 aliphatic rings. The summed E-state index contributed by atoms with van der Waals surface area (Å²) in [6.07, 6.45) is 0.149. The fourth-order valence-electron chi connectivity index (χ4n) is 2.93. The van der Waals surface area contributed by atoms with Crippen LogP contribution < -0.4 is 14.8 Å². The van der Waals surface area contributed by atoms with Gasteiger partial charge in [-0.05, 0) is 32.9 Å². The first kappa shape index (κ1) is 15.0. The average molecular weight is 306 g/mol. The van der Waals surface area contributed by atoms with Gasteiger partial charge in [0.15, 0.2) is 11.5 Å². The molecule has 2 aliphatic heterocycles. The van der Waals surface area contributed by atoms with E-state index in [9.17, 15) is 4.79 Å². The van der Waals surface area contributed by atoms with Crippen LogP contribution in [0.2, 0.25) is 0 Å². The minimum atomic E-state index is -0.308. The number of ether oxygens (including phenoxy) is 3. The highest BCUT2D eigenvalue weighted by Gasteiger charge is 2.28. The van der Waals surface area contributed by atoms with Crippen LogP contribution in [0.4, 0.5) is 5.69 Å². The third-order valence-corrected chi connectivity index (χ3v) is 3.86. The fraction of sp³-hybridized carbons (Fsp3) is 0.562. The molecule has 3 rings (SSSR count). The van der Waals surface area contributed by atoms with Crippen LogP contribution in [-0.4, -0.2) is 48.9 Å². The van der Waals surface area contributed by atoms with E-state index in [-0.39, 0.29) is 30.9 Å². The molecule has 120 valence electrons. The van der Waals surface area contributed by atoms with Crippen molar-refractivity contribution < 1.29 is 19.0 Å². The molecule has 1 N–H and O–H groups in total. The van der Waals surface area contributed by atoms with Crippen molar-refractivity contribution in [1.82, 2.24) is 4.90 Å². The summed E-state index contributed by atoms with van der Waals surface area (Å²) >= 11 is 0. The van der Waals surface area contributed by atoms with E-state index in [1.807, 2.05) is 43.9 Å². The zero-order chi connectivity index (χ0) is 15.7. The number of nitrogens with one attached hydrogen (secondary N) is 1. The maximum Gasteiger partial charge on any atom is 0.244 e. The number of morpholine rings is 1. The average Bonchev–Trinajstić information content (AvgIpc) is 2.93. The molecule has 1 amide bonds. The summed E-state index contributed by atoms with van der Waals surface area (Å²) in [5.41, 5.74) is 0.847. The van der Waals surface area contributed by atoms with Gasteiger partial charge in [0.1, 0.15) is 6.04 Å². The summed E-state index contributed by atoms with van der Waals surface area (Å²) in [4.78, 5) is 14.4. The van der Waals surface area contributed by atoms with Crippen LogP contribution in [0.3, 0.4) is 0 Å². The van der Waals surface area contributed by atoms with Crippen LogP contribution in [0.1, 0.15) is 20.8 Å². The van der Waals surface area contributed by atoms with Gasteiger partial charge in [0.2, 0.25) is 12.7 Å². The molecule has 1 aromatic rings. The van der Waals surface area contributed by atoms with Crippen molar-refractivity contribution in [3.63, 3.8) is 0 Å². The minimum absolute atomic E-state index is 0.0745. The van der Waals surface area contributed by atoms with E-state index in [1.165, 1.54) is 0 Å². The highest BCUT2D eigenvalue weighted by molar-refractivity contribution is 5.84. The number of fused-ring (bicyclic) bond motifs is 1. The van der Waals surface area contributed by atoms with Crippen LogP contribution >= 0.6 is 0 Å². The van der Waals surface area contributed by atoms with Gasteiger partial charge in [-0.3, -0.25) is 4.79 Å². The summed E-state index contributed by atoms with van der Waals surface area (Å²) in [6.45, 7) is 7.37. The van der Waals surface area contributed by atoms with Crippen molar-refractivity contribution in [1.29, 1.82) is 0 Å². The number of hydrogen-bond donors (Lipinski definition) is 1. The smallest absolute Gasteiger partial charge is 0.244 e. The SMILES string of the molecule is C[C@@H]1CN(C(=O)[C@@H](C)Nc2ccc3c(c2)OCO3)C[C@@H](C)O1. The van der Waals surface area contributed by atoms with Crippen molar-refractivity contribution in [2.45, 2.75) is 39.0 Å². The normalized spacial score (nSPS) is 25.0. The fourth-order valence-corrected chi connectivity index (χ4v) is 2.93. The number of benzene rings is 1. The Labute approximate surface area is 130 Å². The van der Waals surface area contributed by atoms with Gasteiger partial charge in [-0.1, -0.05) is 0 Å². The molecule has 1 fully saturated rings. The van der Waals surface area contributed by atoms with Crippen molar-refractivity contribution in [3.8, 4) is 11.5 Å². The largest absolute Gasteiger partial charge is 0.454 e. The standard InChI is InChI=1S/C16H22N2O4/c1-10-7-18(8-11(2)22-10)16(19)12(3)17-13-4-5-14-15(6-13)21-9-20-14/h4-6,10-12,17H,7-9H2,1-3H3/t10-,11-,12-/m1/s1. The first-order chi connectivity index (χ1) is 10.5. The van der Waals surface area contributed by atoms with Gasteiger partial charge in [-0.2, -0.15) is 0 Å². The predicted molar refractivity (Wildman–Crippen MR) is 82.2 cm³/mol. The van der Waals surface area contributed by atoms with Crippen molar-refractivity contribution in [3.05, 3.63) is 18.2 Å². The lowest BCUT2D eigenvalue weighted by atomic mass is 10.2. The van der Waals surface area contributed by atoms with Gasteiger partial charge >= 0.3 is 0 Å². The molecule has 6 nitrogen and oxygen atoms in total. The van der Waals surface area contributed by atoms with E-state index >= 15 is 0 Å². The minimum Gasteiger partial charge on any atom is -0.454 e. The Morgan fingerprint density at radius 2 is 1.91 bits per heavy atom. The summed E-state index contributed by atoms with van der Waals surface area (Å²) < 4.78 is 16.3. The number of hydrogen-bond acceptors (Lipinski definition) is 5. The molecule has 0 spiro atoms. The topological polar surface area (TPSA) is 60.0 Å². The quantitative estimate of drug-likeness (QED) is 0.923. The summed E-state index contributed by atoms with van der Waals surface area (Å²) in [7, 11) is 0. The molecular formula is C16H22N2O4. The lowest BCUT2D eigenvalue weighted by Gasteiger charge is -2.36. The second kappa shape index (κ2) is 6.04. The van der Waals surface area contributed by atoms with Crippen LogP contribution in [0.15, 0.2) is 18.2 Å². The maximum absolute atomic E-state index is 12.6. The molecule has 0 aliphatic carbocycles. The Bertz CT molecular complexity index is 553. The molecule has 6 heteroatoms. The third kappa shape index (κ3) is 3.11. The molecule has 0 bridgehead atoms. The molecule has 0 radical (unpaired) electrons. The molecule has 0 unspecified atom stereocenters. The van der Waals surface area contributed by atoms with Gasteiger partial charge in [0.25, 0.3) is 0 Å². The molecule has 2 heterocycles. The monoisotopic (exact) mass is 306 g/mol. The molecule has 0 saturated carbocycles. The number of amides is 1. The van der Waals surface area contributed by atoms with E-state index in [0.29, 0.717) is 18.8 Å². The van der Waals surface area contributed by atoms with Crippen LogP contribution in [0.25, 0.3) is 0 Å². The first-order valence-electron chi connectivity index (χ1n) is 7.63. The van der Waals surface area contributed by atoms with Crippen molar-refractivity contribution in [2.24, 2.45) is 0 Å². The Balaban J connectivity index is 1.63. The van der Waals surface area contributed by atoms with Gasteiger partial charge in [0.05, 0.1) is 12.2 Å². The lowest BCUT2D eigenvalue weighted by Crippen LogP contribution is -2.52. The molecule has 22 heavy (non-hydrogen) atoms. The number of rotatable bonds is 3. The summed E-state index contributed by atoms with van der Waals surface area (Å²) in [5, 5.41) is 3.23. The predicted octanol–water partition coefficient (Wildman–Crippen LogP) is 1.85. The molecule has 0 aromatic heterocycles. The summed E-state index contributed by atoms with van der Waals surface area (Å²) in [6, 6.07) is 5.29. The van der Waals surface area contributed by atoms with E-state index in [2.05, 4.69) is 5.32 Å².